The van der Waals surface area contributed by atoms with Gasteiger partial charge in [0.15, 0.2) is 5.82 Å². The second-order valence-electron chi connectivity index (χ2n) is 13.6. The summed E-state index contributed by atoms with van der Waals surface area (Å²) in [5, 5.41) is 7.21. The molecule has 1 atom stereocenters. The van der Waals surface area contributed by atoms with Gasteiger partial charge >= 0.3 is 0 Å². The van der Waals surface area contributed by atoms with Crippen molar-refractivity contribution in [2.24, 2.45) is 0 Å². The number of hydrogen-bond donors (Lipinski definition) is 2. The van der Waals surface area contributed by atoms with Crippen LogP contribution in [0.1, 0.15) is 51.7 Å². The van der Waals surface area contributed by atoms with Crippen molar-refractivity contribution in [3.8, 4) is 5.75 Å². The van der Waals surface area contributed by atoms with Gasteiger partial charge < -0.3 is 24.8 Å². The van der Waals surface area contributed by atoms with Crippen LogP contribution < -0.4 is 26.2 Å². The maximum atomic E-state index is 7.40. The summed E-state index contributed by atoms with van der Waals surface area (Å²) in [6, 6.07) is 35.9. The summed E-state index contributed by atoms with van der Waals surface area (Å²) in [7, 11) is -1.06. The predicted molar refractivity (Wildman–Crippen MR) is 207 cm³/mol. The molecule has 6 aromatic rings. The Bertz CT molecular complexity index is 1990. The average molecular weight is 692 g/mol. The van der Waals surface area contributed by atoms with Crippen molar-refractivity contribution in [1.29, 1.82) is 0 Å². The summed E-state index contributed by atoms with van der Waals surface area (Å²) >= 11 is 6.26. The van der Waals surface area contributed by atoms with Crippen molar-refractivity contribution in [3.05, 3.63) is 114 Å². The predicted octanol–water partition coefficient (Wildman–Crippen LogP) is 8.12. The van der Waals surface area contributed by atoms with E-state index in [1.54, 1.807) is 7.11 Å². The van der Waals surface area contributed by atoms with E-state index in [-0.39, 0.29) is 17.0 Å². The highest BCUT2D eigenvalue weighted by atomic mass is 35.5. The highest BCUT2D eigenvalue weighted by molar-refractivity contribution is 6.99. The van der Waals surface area contributed by atoms with Gasteiger partial charge in [-0.25, -0.2) is 4.98 Å². The highest BCUT2D eigenvalue weighted by Crippen LogP contribution is 2.38. The lowest BCUT2D eigenvalue weighted by Crippen LogP contribution is -2.67. The molecule has 0 spiro atoms. The molecule has 254 valence electrons. The van der Waals surface area contributed by atoms with Crippen molar-refractivity contribution in [1.82, 2.24) is 14.5 Å². The molecular weight excluding hydrogens is 646 g/mol. The molecule has 0 radical (unpaired) electrons. The number of para-hydroxylation sites is 1. The molecule has 9 heteroatoms. The van der Waals surface area contributed by atoms with Crippen LogP contribution in [0.3, 0.4) is 0 Å². The van der Waals surface area contributed by atoms with Gasteiger partial charge in [-0.1, -0.05) is 119 Å². The van der Waals surface area contributed by atoms with Gasteiger partial charge in [0.2, 0.25) is 5.95 Å². The summed E-state index contributed by atoms with van der Waals surface area (Å²) in [6.07, 6.45) is 1.85. The number of alkyl halides is 1. The van der Waals surface area contributed by atoms with E-state index >= 15 is 0 Å². The monoisotopic (exact) mass is 691 g/mol. The van der Waals surface area contributed by atoms with Gasteiger partial charge in [-0.2, -0.15) is 4.98 Å². The zero-order valence-corrected chi connectivity index (χ0v) is 30.8. The summed E-state index contributed by atoms with van der Waals surface area (Å²) in [4.78, 5) is 9.63. The van der Waals surface area contributed by atoms with E-state index in [1.807, 2.05) is 24.3 Å². The minimum absolute atomic E-state index is 0.0373. The fraction of sp³-hybridized carbons (Fsp3) is 0.300. The molecule has 0 bridgehead atoms. The molecule has 4 aromatic carbocycles. The average Bonchev–Trinajstić information content (AvgIpc) is 3.41. The molecule has 0 saturated heterocycles. The molecule has 3 N–H and O–H groups in total. The van der Waals surface area contributed by atoms with E-state index < -0.39 is 8.32 Å². The van der Waals surface area contributed by atoms with E-state index in [2.05, 4.69) is 116 Å². The Kier molecular flexibility index (Phi) is 10.3. The van der Waals surface area contributed by atoms with Crippen LogP contribution in [0.25, 0.3) is 21.9 Å². The van der Waals surface area contributed by atoms with E-state index in [1.165, 1.54) is 10.4 Å². The first-order valence-electron chi connectivity index (χ1n) is 17.0. The second-order valence-corrected chi connectivity index (χ2v) is 18.2. The first-order valence-corrected chi connectivity index (χ1v) is 19.4. The first kappa shape index (κ1) is 34.5. The summed E-state index contributed by atoms with van der Waals surface area (Å²) in [5.41, 5.74) is 11.2. The Balaban J connectivity index is 1.45. The number of anilines is 2. The van der Waals surface area contributed by atoms with Crippen LogP contribution in [0, 0.1) is 0 Å². The van der Waals surface area contributed by atoms with Gasteiger partial charge in [-0.3, -0.25) is 0 Å². The Morgan fingerprint density at radius 1 is 0.898 bits per heavy atom. The zero-order valence-electron chi connectivity index (χ0n) is 29.0. The number of rotatable bonds is 13. The van der Waals surface area contributed by atoms with Gasteiger partial charge in [0.05, 0.1) is 25.8 Å². The van der Waals surface area contributed by atoms with Crippen molar-refractivity contribution < 1.29 is 9.16 Å². The van der Waals surface area contributed by atoms with Crippen LogP contribution in [-0.2, 0) is 16.9 Å². The number of ether oxygens (including phenoxy) is 1. The third-order valence-electron chi connectivity index (χ3n) is 9.34. The molecule has 0 aliphatic rings. The van der Waals surface area contributed by atoms with Gasteiger partial charge in [-0.15, -0.1) is 11.6 Å². The lowest BCUT2D eigenvalue weighted by Gasteiger charge is -2.43. The van der Waals surface area contributed by atoms with Crippen molar-refractivity contribution in [2.45, 2.75) is 64.0 Å². The molecule has 0 aliphatic heterocycles. The number of hydrogen-bond acceptors (Lipinski definition) is 6. The lowest BCUT2D eigenvalue weighted by atomic mass is 10.1. The number of nitrogen functional groups attached to an aromatic ring is 1. The normalized spacial score (nSPS) is 12.8. The molecule has 49 heavy (non-hydrogen) atoms. The third kappa shape index (κ3) is 6.78. The van der Waals surface area contributed by atoms with Crippen LogP contribution in [-0.4, -0.2) is 42.6 Å². The molecule has 2 heterocycles. The third-order valence-corrected chi connectivity index (χ3v) is 14.7. The highest BCUT2D eigenvalue weighted by Gasteiger charge is 2.50. The van der Waals surface area contributed by atoms with E-state index in [0.29, 0.717) is 24.8 Å². The Hall–Kier alpha value is -4.37. The molecule has 0 saturated carbocycles. The Labute approximate surface area is 295 Å². The maximum absolute atomic E-state index is 7.40. The second kappa shape index (κ2) is 14.6. The van der Waals surface area contributed by atoms with Gasteiger partial charge in [0.1, 0.15) is 16.8 Å². The van der Waals surface area contributed by atoms with E-state index in [9.17, 15) is 0 Å². The van der Waals surface area contributed by atoms with Crippen LogP contribution in [0.4, 0.5) is 11.8 Å². The van der Waals surface area contributed by atoms with Crippen LogP contribution in [0.5, 0.6) is 5.75 Å². The van der Waals surface area contributed by atoms with Gasteiger partial charge in [0.25, 0.3) is 8.32 Å². The summed E-state index contributed by atoms with van der Waals surface area (Å²) in [5.74, 6) is 2.13. The van der Waals surface area contributed by atoms with Crippen LogP contribution in [0.15, 0.2) is 103 Å². The Morgan fingerprint density at radius 3 is 2.16 bits per heavy atom. The number of nitrogens with one attached hydrogen (secondary N) is 1. The Morgan fingerprint density at radius 2 is 1.55 bits per heavy atom. The number of halogens is 1. The zero-order chi connectivity index (χ0) is 34.6. The topological polar surface area (TPSA) is 87.2 Å². The number of aromatic nitrogens is 3. The molecule has 0 fully saturated rings. The molecular formula is C40H46ClN5O2Si. The first-order chi connectivity index (χ1) is 23.7. The molecule has 2 aromatic heterocycles. The number of benzene rings is 4. The SMILES string of the molecule is CCC[C@@H](CO[Si](c1ccccc1)(c1ccccc1)C(C)(C)C)Nc1nc(N)nc2c3ccccc3n(Cc3cc(CCl)ccc3OC)c12. The van der Waals surface area contributed by atoms with Crippen molar-refractivity contribution in [2.75, 3.05) is 24.8 Å². The number of methoxy groups -OCH3 is 1. The number of nitrogens with two attached hydrogens (primary N) is 1. The maximum Gasteiger partial charge on any atom is 0.261 e. The lowest BCUT2D eigenvalue weighted by molar-refractivity contribution is 0.273. The van der Waals surface area contributed by atoms with Crippen LogP contribution >= 0.6 is 11.6 Å². The number of fused-ring (bicyclic) bond motifs is 3. The molecule has 0 aliphatic carbocycles. The molecule has 0 unspecified atom stereocenters. The van der Waals surface area contributed by atoms with Crippen molar-refractivity contribution in [3.63, 3.8) is 0 Å². The summed E-state index contributed by atoms with van der Waals surface area (Å²) in [6.45, 7) is 10.2. The standard InChI is InChI=1S/C40H46ClN5O2Si/c1-6-15-30(27-48-49(40(2,3)4,31-16-9-7-10-17-31)32-18-11-8-12-19-32)43-38-37-36(44-39(42)45-38)33-20-13-14-21-34(33)46(37)26-29-24-28(25-41)22-23-35(29)47-5/h7-14,16-24,30H,6,15,25-27H2,1-5H3,(H3,42,43,44,45)/t30-/m0/s1. The smallest absolute Gasteiger partial charge is 0.261 e. The molecule has 7 nitrogen and oxygen atoms in total. The number of nitrogens with zero attached hydrogens (tertiary/aromatic N) is 3. The fourth-order valence-corrected chi connectivity index (χ4v) is 11.9. The fourth-order valence-electron chi connectivity index (χ4n) is 7.15. The molecule has 6 rings (SSSR count). The summed E-state index contributed by atoms with van der Waals surface area (Å²) < 4.78 is 15.5. The van der Waals surface area contributed by atoms with Gasteiger partial charge in [0, 0.05) is 22.9 Å². The largest absolute Gasteiger partial charge is 0.496 e. The van der Waals surface area contributed by atoms with E-state index in [4.69, 9.17) is 36.5 Å². The van der Waals surface area contributed by atoms with E-state index in [0.717, 1.165) is 51.7 Å². The molecule has 0 amide bonds. The van der Waals surface area contributed by atoms with Crippen LogP contribution in [0.2, 0.25) is 5.04 Å². The van der Waals surface area contributed by atoms with Crippen molar-refractivity contribution >= 4 is 64.0 Å². The van der Waals surface area contributed by atoms with Gasteiger partial charge in [-0.05, 0) is 45.6 Å². The minimum Gasteiger partial charge on any atom is -0.496 e. The quantitative estimate of drug-likeness (QED) is 0.0940. The minimum atomic E-state index is -2.76.